The lowest BCUT2D eigenvalue weighted by atomic mass is 10.2. The SMILES string of the molecule is O=C1CSC(=S)N1/N=C/c1cc(I)cc(I)c1OCc1ccccc1. The Labute approximate surface area is 182 Å². The van der Waals surface area contributed by atoms with Gasteiger partial charge in [0.25, 0.3) is 5.91 Å². The predicted molar refractivity (Wildman–Crippen MR) is 122 cm³/mol. The molecule has 0 unspecified atom stereocenters. The molecule has 1 aliphatic heterocycles. The predicted octanol–water partition coefficient (Wildman–Crippen LogP) is 4.67. The minimum atomic E-state index is -0.0988. The van der Waals surface area contributed by atoms with Gasteiger partial charge in [-0.3, -0.25) is 4.79 Å². The molecule has 1 amide bonds. The molecule has 128 valence electrons. The fourth-order valence-corrected chi connectivity index (χ4v) is 5.15. The highest BCUT2D eigenvalue weighted by atomic mass is 127. The van der Waals surface area contributed by atoms with Crippen molar-refractivity contribution in [1.29, 1.82) is 0 Å². The Hall–Kier alpha value is -0.720. The summed E-state index contributed by atoms with van der Waals surface area (Å²) in [6, 6.07) is 14.0. The van der Waals surface area contributed by atoms with Gasteiger partial charge in [0.1, 0.15) is 12.4 Å². The Morgan fingerprint density at radius 1 is 1.28 bits per heavy atom. The van der Waals surface area contributed by atoms with Crippen LogP contribution in [0.2, 0.25) is 0 Å². The lowest BCUT2D eigenvalue weighted by molar-refractivity contribution is -0.123. The van der Waals surface area contributed by atoms with Gasteiger partial charge in [-0.2, -0.15) is 10.1 Å². The molecule has 0 bridgehead atoms. The second-order valence-electron chi connectivity index (χ2n) is 5.08. The molecule has 8 heteroatoms. The average molecular weight is 594 g/mol. The Morgan fingerprint density at radius 3 is 2.72 bits per heavy atom. The fraction of sp³-hybridized carbons (Fsp3) is 0.118. The van der Waals surface area contributed by atoms with E-state index in [-0.39, 0.29) is 5.91 Å². The quantitative estimate of drug-likeness (QED) is 0.287. The van der Waals surface area contributed by atoms with Crippen molar-refractivity contribution < 1.29 is 9.53 Å². The van der Waals surface area contributed by atoms with Crippen LogP contribution in [-0.2, 0) is 11.4 Å². The number of halogens is 2. The van der Waals surface area contributed by atoms with Crippen LogP contribution < -0.4 is 4.74 Å². The number of carbonyl (C=O) groups is 1. The molecule has 1 fully saturated rings. The molecule has 2 aromatic rings. The highest BCUT2D eigenvalue weighted by molar-refractivity contribution is 14.1. The highest BCUT2D eigenvalue weighted by Gasteiger charge is 2.26. The van der Waals surface area contributed by atoms with Crippen LogP contribution in [0.15, 0.2) is 47.6 Å². The maximum atomic E-state index is 11.8. The first-order valence-electron chi connectivity index (χ1n) is 7.24. The molecule has 0 N–H and O–H groups in total. The van der Waals surface area contributed by atoms with E-state index in [2.05, 4.69) is 50.3 Å². The maximum absolute atomic E-state index is 11.8. The van der Waals surface area contributed by atoms with E-state index in [0.717, 1.165) is 24.0 Å². The molecule has 1 saturated heterocycles. The molecule has 3 rings (SSSR count). The third-order valence-corrected chi connectivity index (χ3v) is 6.07. The average Bonchev–Trinajstić information content (AvgIpc) is 2.91. The summed E-state index contributed by atoms with van der Waals surface area (Å²) >= 11 is 11.0. The van der Waals surface area contributed by atoms with E-state index in [0.29, 0.717) is 16.7 Å². The molecular formula is C17H12I2N2O2S2. The number of thioether (sulfide) groups is 1. The topological polar surface area (TPSA) is 41.9 Å². The summed E-state index contributed by atoms with van der Waals surface area (Å²) in [5.41, 5.74) is 1.91. The van der Waals surface area contributed by atoms with E-state index >= 15 is 0 Å². The van der Waals surface area contributed by atoms with E-state index in [1.807, 2.05) is 42.5 Å². The van der Waals surface area contributed by atoms with Crippen LogP contribution in [0.5, 0.6) is 5.75 Å². The van der Waals surface area contributed by atoms with Crippen LogP contribution in [0.3, 0.4) is 0 Å². The summed E-state index contributed by atoms with van der Waals surface area (Å²) in [4.78, 5) is 11.8. The van der Waals surface area contributed by atoms with E-state index < -0.39 is 0 Å². The largest absolute Gasteiger partial charge is 0.487 e. The third kappa shape index (κ3) is 4.92. The monoisotopic (exact) mass is 594 g/mol. The number of hydrogen-bond acceptors (Lipinski definition) is 5. The van der Waals surface area contributed by atoms with Gasteiger partial charge in [0, 0.05) is 9.13 Å². The Morgan fingerprint density at radius 2 is 2.04 bits per heavy atom. The van der Waals surface area contributed by atoms with Crippen LogP contribution >= 0.6 is 69.2 Å². The van der Waals surface area contributed by atoms with Crippen LogP contribution in [0.25, 0.3) is 0 Å². The number of nitrogens with zero attached hydrogens (tertiary/aromatic N) is 2. The molecule has 0 spiro atoms. The number of hydrazone groups is 1. The smallest absolute Gasteiger partial charge is 0.259 e. The molecule has 0 atom stereocenters. The summed E-state index contributed by atoms with van der Waals surface area (Å²) < 4.78 is 8.58. The van der Waals surface area contributed by atoms with Crippen molar-refractivity contribution in [2.75, 3.05) is 5.75 Å². The number of rotatable bonds is 5. The molecule has 25 heavy (non-hydrogen) atoms. The van der Waals surface area contributed by atoms with Gasteiger partial charge in [0.15, 0.2) is 4.32 Å². The zero-order chi connectivity index (χ0) is 17.8. The Kier molecular flexibility index (Phi) is 6.69. The van der Waals surface area contributed by atoms with Crippen molar-refractivity contribution in [2.45, 2.75) is 6.61 Å². The maximum Gasteiger partial charge on any atom is 0.259 e. The van der Waals surface area contributed by atoms with E-state index in [1.165, 1.54) is 16.8 Å². The molecule has 0 saturated carbocycles. The van der Waals surface area contributed by atoms with Gasteiger partial charge in [-0.15, -0.1) is 0 Å². The van der Waals surface area contributed by atoms with Crippen LogP contribution in [0, 0.1) is 7.14 Å². The summed E-state index contributed by atoms with van der Waals surface area (Å²) in [7, 11) is 0. The molecular weight excluding hydrogens is 582 g/mol. The minimum Gasteiger partial charge on any atom is -0.487 e. The standard InChI is InChI=1S/C17H12I2N2O2S2/c18-13-6-12(8-20-21-15(22)10-25-17(21)24)16(14(19)7-13)23-9-11-4-2-1-3-5-11/h1-8H,9-10H2/b20-8+. The van der Waals surface area contributed by atoms with Gasteiger partial charge in [-0.05, 0) is 62.9 Å². The van der Waals surface area contributed by atoms with Crippen molar-refractivity contribution in [1.82, 2.24) is 5.01 Å². The summed E-state index contributed by atoms with van der Waals surface area (Å²) in [6.45, 7) is 0.467. The molecule has 2 aromatic carbocycles. The van der Waals surface area contributed by atoms with Crippen LogP contribution in [-0.4, -0.2) is 27.2 Å². The van der Waals surface area contributed by atoms with E-state index in [4.69, 9.17) is 17.0 Å². The lowest BCUT2D eigenvalue weighted by Gasteiger charge is -2.13. The zero-order valence-corrected chi connectivity index (χ0v) is 18.8. The first-order valence-corrected chi connectivity index (χ1v) is 10.8. The molecule has 0 aliphatic carbocycles. The second-order valence-corrected chi connectivity index (χ2v) is 9.10. The first kappa shape index (κ1) is 19.1. The summed E-state index contributed by atoms with van der Waals surface area (Å²) in [5, 5.41) is 5.53. The van der Waals surface area contributed by atoms with Crippen LogP contribution in [0.1, 0.15) is 11.1 Å². The molecule has 0 aromatic heterocycles. The van der Waals surface area contributed by atoms with Gasteiger partial charge >= 0.3 is 0 Å². The molecule has 0 radical (unpaired) electrons. The number of thiocarbonyl (C=S) groups is 1. The van der Waals surface area contributed by atoms with Crippen molar-refractivity contribution in [3.05, 3.63) is 60.7 Å². The van der Waals surface area contributed by atoms with E-state index in [9.17, 15) is 4.79 Å². The number of amides is 1. The summed E-state index contributed by atoms with van der Waals surface area (Å²) in [6.07, 6.45) is 1.64. The van der Waals surface area contributed by atoms with Crippen LogP contribution in [0.4, 0.5) is 0 Å². The normalized spacial score (nSPS) is 14.6. The Balaban J connectivity index is 1.85. The van der Waals surface area contributed by atoms with Gasteiger partial charge in [0.05, 0.1) is 15.5 Å². The van der Waals surface area contributed by atoms with Gasteiger partial charge in [-0.1, -0.05) is 54.3 Å². The zero-order valence-electron chi connectivity index (χ0n) is 12.8. The Bertz CT molecular complexity index is 828. The fourth-order valence-electron chi connectivity index (χ4n) is 2.14. The number of hydrogen-bond donors (Lipinski definition) is 0. The van der Waals surface area contributed by atoms with Gasteiger partial charge in [0.2, 0.25) is 0 Å². The third-order valence-electron chi connectivity index (χ3n) is 3.30. The van der Waals surface area contributed by atoms with Crippen molar-refractivity contribution in [3.63, 3.8) is 0 Å². The second kappa shape index (κ2) is 8.78. The van der Waals surface area contributed by atoms with Crippen molar-refractivity contribution >= 4 is 85.6 Å². The van der Waals surface area contributed by atoms with Crippen molar-refractivity contribution in [3.8, 4) is 5.75 Å². The summed E-state index contributed by atoms with van der Waals surface area (Å²) in [5.74, 6) is 0.995. The highest BCUT2D eigenvalue weighted by Crippen LogP contribution is 2.29. The van der Waals surface area contributed by atoms with Gasteiger partial charge < -0.3 is 4.74 Å². The first-order chi connectivity index (χ1) is 12.0. The van der Waals surface area contributed by atoms with Gasteiger partial charge in [-0.25, -0.2) is 0 Å². The number of ether oxygens (including phenoxy) is 1. The van der Waals surface area contributed by atoms with E-state index in [1.54, 1.807) is 6.21 Å². The molecule has 4 nitrogen and oxygen atoms in total. The molecule has 1 aliphatic rings. The number of carbonyl (C=O) groups excluding carboxylic acids is 1. The minimum absolute atomic E-state index is 0.0988. The lowest BCUT2D eigenvalue weighted by Crippen LogP contribution is -2.22. The molecule has 1 heterocycles. The van der Waals surface area contributed by atoms with Crippen molar-refractivity contribution in [2.24, 2.45) is 5.10 Å². The number of benzene rings is 2.